The van der Waals surface area contributed by atoms with Gasteiger partial charge in [-0.1, -0.05) is 6.07 Å². The van der Waals surface area contributed by atoms with Crippen molar-refractivity contribution < 1.29 is 28.1 Å². The van der Waals surface area contributed by atoms with Crippen molar-refractivity contribution in [3.8, 4) is 11.4 Å². The molecule has 1 aliphatic heterocycles. The summed E-state index contributed by atoms with van der Waals surface area (Å²) in [5.74, 6) is -3.68. The highest BCUT2D eigenvalue weighted by atomic mass is 19.1. The largest absolute Gasteiger partial charge is 0.338 e. The lowest BCUT2D eigenvalue weighted by Crippen LogP contribution is -2.45. The van der Waals surface area contributed by atoms with Crippen LogP contribution in [0.25, 0.3) is 22.4 Å². The van der Waals surface area contributed by atoms with Gasteiger partial charge in [-0.05, 0) is 49.4 Å². The molecule has 0 fully saturated rings. The highest BCUT2D eigenvalue weighted by molar-refractivity contribution is 6.24. The van der Waals surface area contributed by atoms with Crippen molar-refractivity contribution in [2.24, 2.45) is 0 Å². The van der Waals surface area contributed by atoms with Gasteiger partial charge >= 0.3 is 0 Å². The Hall–Kier alpha value is -5.00. The number of benzene rings is 3. The van der Waals surface area contributed by atoms with Gasteiger partial charge in [0.2, 0.25) is 5.91 Å². The first kappa shape index (κ1) is 22.8. The number of anilines is 1. The molecule has 5 rings (SSSR count). The molecule has 4 aromatic rings. The molecule has 0 saturated carbocycles. The molecule has 2 N–H and O–H groups in total. The standard InChI is InChI=1S/C24H15F2N5O5/c1-11(30-23(33)14-3-2-4-19(31(35)36)20(14)24(30)34)22(32)27-13-6-8-17-18(10-13)29-21(28-17)15-9-12(25)5-7-16(15)26/h2-11H,1H3,(H,27,32)(H,28,29). The number of rotatable bonds is 5. The number of amides is 3. The molecule has 0 aliphatic carbocycles. The van der Waals surface area contributed by atoms with Crippen LogP contribution in [-0.2, 0) is 4.79 Å². The monoisotopic (exact) mass is 491 g/mol. The number of H-pyrrole nitrogens is 1. The lowest BCUT2D eigenvalue weighted by atomic mass is 10.1. The zero-order valence-electron chi connectivity index (χ0n) is 18.4. The molecule has 0 spiro atoms. The van der Waals surface area contributed by atoms with Gasteiger partial charge in [0, 0.05) is 11.8 Å². The minimum atomic E-state index is -1.29. The number of nitro groups is 1. The quantitative estimate of drug-likeness (QED) is 0.246. The lowest BCUT2D eigenvalue weighted by Gasteiger charge is -2.21. The van der Waals surface area contributed by atoms with E-state index in [9.17, 15) is 33.3 Å². The molecule has 0 saturated heterocycles. The number of carbonyl (C=O) groups excluding carboxylic acids is 3. The van der Waals surface area contributed by atoms with Crippen molar-refractivity contribution in [3.63, 3.8) is 0 Å². The average molecular weight is 491 g/mol. The van der Waals surface area contributed by atoms with E-state index >= 15 is 0 Å². The molecule has 10 nitrogen and oxygen atoms in total. The van der Waals surface area contributed by atoms with Crippen molar-refractivity contribution in [1.82, 2.24) is 14.9 Å². The first-order chi connectivity index (χ1) is 17.2. The number of nitrogens with zero attached hydrogens (tertiary/aromatic N) is 3. The molecule has 0 bridgehead atoms. The van der Waals surface area contributed by atoms with E-state index in [1.165, 1.54) is 37.3 Å². The normalized spacial score (nSPS) is 13.7. The van der Waals surface area contributed by atoms with Gasteiger partial charge in [-0.3, -0.25) is 29.4 Å². The molecule has 1 unspecified atom stereocenters. The molecule has 180 valence electrons. The number of imidazole rings is 1. The molecule has 1 aliphatic rings. The van der Waals surface area contributed by atoms with Crippen LogP contribution in [0.5, 0.6) is 0 Å². The third-order valence-electron chi connectivity index (χ3n) is 5.82. The number of aromatic nitrogens is 2. The van der Waals surface area contributed by atoms with Gasteiger partial charge in [0.1, 0.15) is 29.1 Å². The minimum Gasteiger partial charge on any atom is -0.338 e. The van der Waals surface area contributed by atoms with Crippen LogP contribution in [-0.4, -0.2) is 43.6 Å². The van der Waals surface area contributed by atoms with E-state index in [0.717, 1.165) is 24.3 Å². The van der Waals surface area contributed by atoms with E-state index in [1.807, 2.05) is 0 Å². The number of fused-ring (bicyclic) bond motifs is 2. The van der Waals surface area contributed by atoms with E-state index in [2.05, 4.69) is 15.3 Å². The molecule has 3 aromatic carbocycles. The van der Waals surface area contributed by atoms with Crippen molar-refractivity contribution in [1.29, 1.82) is 0 Å². The Balaban J connectivity index is 1.39. The highest BCUT2D eigenvalue weighted by Gasteiger charge is 2.44. The summed E-state index contributed by atoms with van der Waals surface area (Å²) in [6.07, 6.45) is 0. The molecular formula is C24H15F2N5O5. The summed E-state index contributed by atoms with van der Waals surface area (Å²) in [5.41, 5.74) is 0.0222. The van der Waals surface area contributed by atoms with Crippen LogP contribution in [0.4, 0.5) is 20.2 Å². The van der Waals surface area contributed by atoms with Crippen LogP contribution in [0.3, 0.4) is 0 Å². The van der Waals surface area contributed by atoms with Gasteiger partial charge in [0.15, 0.2) is 0 Å². The van der Waals surface area contributed by atoms with Crippen molar-refractivity contribution >= 4 is 40.1 Å². The third kappa shape index (κ3) is 3.64. The summed E-state index contributed by atoms with van der Waals surface area (Å²) in [5, 5.41) is 13.9. The number of aromatic amines is 1. The minimum absolute atomic E-state index is 0.0647. The number of carbonyl (C=O) groups is 3. The Morgan fingerprint density at radius 3 is 2.61 bits per heavy atom. The van der Waals surface area contributed by atoms with Crippen LogP contribution < -0.4 is 5.32 Å². The van der Waals surface area contributed by atoms with Crippen LogP contribution >= 0.6 is 0 Å². The zero-order valence-corrected chi connectivity index (χ0v) is 18.4. The molecule has 2 heterocycles. The fraction of sp³-hybridized carbons (Fsp3) is 0.0833. The van der Waals surface area contributed by atoms with Gasteiger partial charge in [0.25, 0.3) is 17.5 Å². The SMILES string of the molecule is CC(C(=O)Nc1ccc2nc(-c3cc(F)ccc3F)[nH]c2c1)N1C(=O)c2cccc([N+](=O)[O-])c2C1=O. The number of nitrogens with one attached hydrogen (secondary N) is 2. The van der Waals surface area contributed by atoms with Crippen LogP contribution in [0, 0.1) is 21.7 Å². The first-order valence-corrected chi connectivity index (χ1v) is 10.6. The Morgan fingerprint density at radius 1 is 1.08 bits per heavy atom. The second kappa shape index (κ2) is 8.34. The van der Waals surface area contributed by atoms with E-state index in [1.54, 1.807) is 0 Å². The molecule has 1 aromatic heterocycles. The molecular weight excluding hydrogens is 476 g/mol. The number of hydrogen-bond donors (Lipinski definition) is 2. The number of halogens is 2. The van der Waals surface area contributed by atoms with Gasteiger partial charge in [-0.15, -0.1) is 0 Å². The second-order valence-corrected chi connectivity index (χ2v) is 8.04. The van der Waals surface area contributed by atoms with E-state index in [4.69, 9.17) is 0 Å². The van der Waals surface area contributed by atoms with E-state index in [-0.39, 0.29) is 28.2 Å². The highest BCUT2D eigenvalue weighted by Crippen LogP contribution is 2.32. The molecule has 0 radical (unpaired) electrons. The molecule has 36 heavy (non-hydrogen) atoms. The van der Waals surface area contributed by atoms with Gasteiger partial charge < -0.3 is 10.3 Å². The summed E-state index contributed by atoms with van der Waals surface area (Å²) < 4.78 is 27.7. The fourth-order valence-corrected chi connectivity index (χ4v) is 4.05. The van der Waals surface area contributed by atoms with E-state index in [0.29, 0.717) is 15.9 Å². The van der Waals surface area contributed by atoms with Gasteiger partial charge in [0.05, 0.1) is 27.1 Å². The average Bonchev–Trinajstić information content (AvgIpc) is 3.38. The lowest BCUT2D eigenvalue weighted by molar-refractivity contribution is -0.385. The number of hydrogen-bond acceptors (Lipinski definition) is 6. The van der Waals surface area contributed by atoms with Crippen molar-refractivity contribution in [2.45, 2.75) is 13.0 Å². The number of imide groups is 1. The first-order valence-electron chi connectivity index (χ1n) is 10.6. The Bertz CT molecular complexity index is 1620. The maximum Gasteiger partial charge on any atom is 0.282 e. The second-order valence-electron chi connectivity index (χ2n) is 8.04. The predicted octanol–water partition coefficient (Wildman–Crippen LogP) is 4.04. The zero-order chi connectivity index (χ0) is 25.7. The topological polar surface area (TPSA) is 138 Å². The molecule has 3 amide bonds. The maximum atomic E-state index is 14.1. The Morgan fingerprint density at radius 2 is 1.86 bits per heavy atom. The number of nitro benzene ring substituents is 1. The van der Waals surface area contributed by atoms with Crippen molar-refractivity contribution in [3.05, 3.63) is 87.5 Å². The summed E-state index contributed by atoms with van der Waals surface area (Å²) in [6, 6.07) is 9.93. The smallest absolute Gasteiger partial charge is 0.282 e. The van der Waals surface area contributed by atoms with Gasteiger partial charge in [-0.2, -0.15) is 0 Å². The molecule has 12 heteroatoms. The van der Waals surface area contributed by atoms with Crippen LogP contribution in [0.1, 0.15) is 27.6 Å². The maximum absolute atomic E-state index is 14.1. The summed E-state index contributed by atoms with van der Waals surface area (Å²) in [4.78, 5) is 56.8. The van der Waals surface area contributed by atoms with Gasteiger partial charge in [-0.25, -0.2) is 13.8 Å². The predicted molar refractivity (Wildman–Crippen MR) is 123 cm³/mol. The summed E-state index contributed by atoms with van der Waals surface area (Å²) in [7, 11) is 0. The Kier molecular flexibility index (Phi) is 5.28. The van der Waals surface area contributed by atoms with Crippen LogP contribution in [0.2, 0.25) is 0 Å². The summed E-state index contributed by atoms with van der Waals surface area (Å²) in [6.45, 7) is 1.32. The van der Waals surface area contributed by atoms with E-state index < -0.39 is 46.0 Å². The fourth-order valence-electron chi connectivity index (χ4n) is 4.05. The third-order valence-corrected chi connectivity index (χ3v) is 5.82. The molecule has 1 atom stereocenters. The van der Waals surface area contributed by atoms with Crippen LogP contribution in [0.15, 0.2) is 54.6 Å². The Labute approximate surface area is 200 Å². The van der Waals surface area contributed by atoms with Crippen molar-refractivity contribution in [2.75, 3.05) is 5.32 Å². The summed E-state index contributed by atoms with van der Waals surface area (Å²) >= 11 is 0.